The molecule has 0 saturated carbocycles. The van der Waals surface area contributed by atoms with Crippen LogP contribution in [0, 0.1) is 5.82 Å². The van der Waals surface area contributed by atoms with Gasteiger partial charge in [0.15, 0.2) is 5.82 Å². The fourth-order valence-electron chi connectivity index (χ4n) is 0.801. The summed E-state index contributed by atoms with van der Waals surface area (Å²) in [5, 5.41) is 0.333. The zero-order valence-corrected chi connectivity index (χ0v) is 8.51. The van der Waals surface area contributed by atoms with Gasteiger partial charge in [0.05, 0.1) is 0 Å². The van der Waals surface area contributed by atoms with Crippen LogP contribution in [0.4, 0.5) is 4.39 Å². The molecule has 0 amide bonds. The zero-order valence-electron chi connectivity index (χ0n) is 7.70. The van der Waals surface area contributed by atoms with Crippen molar-refractivity contribution in [3.05, 3.63) is 24.1 Å². The molecule has 1 aromatic heterocycles. The van der Waals surface area contributed by atoms with Crippen LogP contribution < -0.4 is 0 Å². The Morgan fingerprint density at radius 2 is 2.50 bits per heavy atom. The summed E-state index contributed by atoms with van der Waals surface area (Å²) < 4.78 is 17.7. The Labute approximate surface area is 85.7 Å². The van der Waals surface area contributed by atoms with Crippen molar-refractivity contribution in [3.63, 3.8) is 0 Å². The number of hydrogen-bond acceptors (Lipinski definition) is 4. The minimum absolute atomic E-state index is 0.274. The summed E-state index contributed by atoms with van der Waals surface area (Å²) in [6.45, 7) is 1.61. The van der Waals surface area contributed by atoms with Gasteiger partial charge in [0.2, 0.25) is 0 Å². The topological polar surface area (TPSA) is 39.2 Å². The van der Waals surface area contributed by atoms with E-state index in [1.54, 1.807) is 0 Å². The minimum Gasteiger partial charge on any atom is -0.465 e. The molecule has 1 aromatic rings. The first-order chi connectivity index (χ1) is 6.70. The van der Waals surface area contributed by atoms with Crippen LogP contribution >= 0.6 is 11.8 Å². The van der Waals surface area contributed by atoms with E-state index in [1.807, 2.05) is 0 Å². The van der Waals surface area contributed by atoms with Crippen LogP contribution in [0.3, 0.4) is 0 Å². The van der Waals surface area contributed by atoms with Crippen molar-refractivity contribution in [2.24, 2.45) is 0 Å². The highest BCUT2D eigenvalue weighted by Crippen LogP contribution is 2.17. The Kier molecular flexibility index (Phi) is 4.39. The largest absolute Gasteiger partial charge is 0.465 e. The molecule has 0 fully saturated rings. The Balaban J connectivity index is 2.31. The van der Waals surface area contributed by atoms with Crippen molar-refractivity contribution in [1.82, 2.24) is 4.98 Å². The van der Waals surface area contributed by atoms with E-state index in [0.29, 0.717) is 10.8 Å². The molecule has 0 unspecified atom stereocenters. The first-order valence-corrected chi connectivity index (χ1v) is 5.05. The summed E-state index contributed by atoms with van der Waals surface area (Å²) in [5.74, 6) is -0.166. The molecule has 0 atom stereocenters. The van der Waals surface area contributed by atoms with Gasteiger partial charge in [0, 0.05) is 18.9 Å². The van der Waals surface area contributed by atoms with Gasteiger partial charge in [-0.25, -0.2) is 9.37 Å². The Morgan fingerprint density at radius 3 is 3.14 bits per heavy atom. The molecule has 0 radical (unpaired) electrons. The van der Waals surface area contributed by atoms with Crippen LogP contribution in [-0.4, -0.2) is 23.3 Å². The fraction of sp³-hybridized carbons (Fsp3) is 0.333. The van der Waals surface area contributed by atoms with E-state index in [1.165, 1.54) is 37.0 Å². The highest BCUT2D eigenvalue weighted by molar-refractivity contribution is 7.99. The lowest BCUT2D eigenvalue weighted by Crippen LogP contribution is -2.02. The molecule has 0 N–H and O–H groups in total. The van der Waals surface area contributed by atoms with Gasteiger partial charge in [-0.05, 0) is 12.1 Å². The summed E-state index contributed by atoms with van der Waals surface area (Å²) in [6.07, 6.45) is 1.53. The number of rotatable bonds is 4. The second kappa shape index (κ2) is 5.59. The number of hydrogen-bond donors (Lipinski definition) is 0. The molecule has 0 aliphatic rings. The Morgan fingerprint density at radius 1 is 1.71 bits per heavy atom. The Bertz CT molecular complexity index is 319. The predicted octanol–water partition coefficient (Wildman–Crippen LogP) is 1.88. The third-order valence-electron chi connectivity index (χ3n) is 1.35. The van der Waals surface area contributed by atoms with Gasteiger partial charge in [0.25, 0.3) is 0 Å². The second-order valence-electron chi connectivity index (χ2n) is 2.48. The number of ether oxygens (including phenoxy) is 1. The predicted molar refractivity (Wildman–Crippen MR) is 51.6 cm³/mol. The molecule has 1 heterocycles. The molecule has 3 nitrogen and oxygen atoms in total. The van der Waals surface area contributed by atoms with Crippen LogP contribution in [0.1, 0.15) is 6.92 Å². The van der Waals surface area contributed by atoms with Crippen LogP contribution in [-0.2, 0) is 9.53 Å². The van der Waals surface area contributed by atoms with Crippen LogP contribution in [0.15, 0.2) is 23.4 Å². The first-order valence-electron chi connectivity index (χ1n) is 4.07. The van der Waals surface area contributed by atoms with Crippen molar-refractivity contribution < 1.29 is 13.9 Å². The highest BCUT2D eigenvalue weighted by Gasteiger charge is 2.02. The zero-order chi connectivity index (χ0) is 10.4. The molecule has 0 aromatic carbocycles. The molecule has 0 spiro atoms. The summed E-state index contributed by atoms with van der Waals surface area (Å²) in [5.41, 5.74) is 0. The average Bonchev–Trinajstić information content (AvgIpc) is 2.15. The van der Waals surface area contributed by atoms with Crippen LogP contribution in [0.5, 0.6) is 0 Å². The Hall–Kier alpha value is -1.10. The van der Waals surface area contributed by atoms with E-state index in [4.69, 9.17) is 4.74 Å². The number of aromatic nitrogens is 1. The number of halogens is 1. The van der Waals surface area contributed by atoms with E-state index in [0.717, 1.165) is 0 Å². The first kappa shape index (κ1) is 11.0. The SMILES string of the molecule is CC(=O)OCCSc1ncccc1F. The standard InChI is InChI=1S/C9H10FNO2S/c1-7(12)13-5-6-14-9-8(10)3-2-4-11-9/h2-4H,5-6H2,1H3. The van der Waals surface area contributed by atoms with Crippen molar-refractivity contribution in [3.8, 4) is 0 Å². The third kappa shape index (κ3) is 3.74. The molecule has 5 heteroatoms. The molecular weight excluding hydrogens is 205 g/mol. The lowest BCUT2D eigenvalue weighted by Gasteiger charge is -2.01. The van der Waals surface area contributed by atoms with Crippen molar-refractivity contribution in [1.29, 1.82) is 0 Å². The van der Waals surface area contributed by atoms with Crippen molar-refractivity contribution in [2.75, 3.05) is 12.4 Å². The van der Waals surface area contributed by atoms with Crippen LogP contribution in [0.25, 0.3) is 0 Å². The van der Waals surface area contributed by atoms with E-state index in [9.17, 15) is 9.18 Å². The van der Waals surface area contributed by atoms with Gasteiger partial charge in [-0.15, -0.1) is 0 Å². The minimum atomic E-state index is -0.347. The lowest BCUT2D eigenvalue weighted by molar-refractivity contribution is -0.140. The number of carbonyl (C=O) groups excluding carboxylic acids is 1. The maximum Gasteiger partial charge on any atom is 0.302 e. The molecule has 76 valence electrons. The van der Waals surface area contributed by atoms with E-state index >= 15 is 0 Å². The third-order valence-corrected chi connectivity index (χ3v) is 2.30. The lowest BCUT2D eigenvalue weighted by atomic mass is 10.5. The van der Waals surface area contributed by atoms with Gasteiger partial charge < -0.3 is 4.74 Å². The molecule has 0 aliphatic carbocycles. The number of carbonyl (C=O) groups is 1. The quantitative estimate of drug-likeness (QED) is 0.436. The molecular formula is C9H10FNO2S. The molecule has 0 aliphatic heterocycles. The van der Waals surface area contributed by atoms with Gasteiger partial charge in [-0.1, -0.05) is 11.8 Å². The maximum absolute atomic E-state index is 13.0. The van der Waals surface area contributed by atoms with E-state index in [2.05, 4.69) is 4.98 Å². The normalized spacial score (nSPS) is 9.86. The highest BCUT2D eigenvalue weighted by atomic mass is 32.2. The maximum atomic E-state index is 13.0. The molecule has 14 heavy (non-hydrogen) atoms. The summed E-state index contributed by atoms with van der Waals surface area (Å²) in [6, 6.07) is 2.88. The van der Waals surface area contributed by atoms with E-state index in [-0.39, 0.29) is 18.4 Å². The van der Waals surface area contributed by atoms with Crippen LogP contribution in [0.2, 0.25) is 0 Å². The molecule has 0 bridgehead atoms. The smallest absolute Gasteiger partial charge is 0.302 e. The van der Waals surface area contributed by atoms with Gasteiger partial charge >= 0.3 is 5.97 Å². The number of esters is 1. The second-order valence-corrected chi connectivity index (χ2v) is 3.56. The molecule has 0 saturated heterocycles. The average molecular weight is 215 g/mol. The summed E-state index contributed by atoms with van der Waals surface area (Å²) in [4.78, 5) is 14.2. The summed E-state index contributed by atoms with van der Waals surface area (Å²) >= 11 is 1.23. The summed E-state index contributed by atoms with van der Waals surface area (Å²) in [7, 11) is 0. The fourth-order valence-corrected chi connectivity index (χ4v) is 1.50. The van der Waals surface area contributed by atoms with Crippen molar-refractivity contribution in [2.45, 2.75) is 11.9 Å². The number of thioether (sulfide) groups is 1. The van der Waals surface area contributed by atoms with Gasteiger partial charge in [-0.2, -0.15) is 0 Å². The van der Waals surface area contributed by atoms with E-state index < -0.39 is 0 Å². The van der Waals surface area contributed by atoms with Gasteiger partial charge in [-0.3, -0.25) is 4.79 Å². The molecule has 1 rings (SSSR count). The number of pyridine rings is 1. The number of nitrogens with zero attached hydrogens (tertiary/aromatic N) is 1. The van der Waals surface area contributed by atoms with Crippen molar-refractivity contribution >= 4 is 17.7 Å². The van der Waals surface area contributed by atoms with Gasteiger partial charge in [0.1, 0.15) is 11.6 Å². The monoisotopic (exact) mass is 215 g/mol.